The summed E-state index contributed by atoms with van der Waals surface area (Å²) in [6.45, 7) is 8.21. The maximum absolute atomic E-state index is 11.7. The fourth-order valence-electron chi connectivity index (χ4n) is 3.13. The molecular weight excluding hydrogens is 228 g/mol. The van der Waals surface area contributed by atoms with Crippen LogP contribution in [0, 0.1) is 11.8 Å². The molecule has 1 aliphatic carbocycles. The molecule has 2 aliphatic heterocycles. The van der Waals surface area contributed by atoms with Crippen molar-refractivity contribution in [3.8, 4) is 0 Å². The first kappa shape index (κ1) is 12.0. The van der Waals surface area contributed by atoms with Crippen molar-refractivity contribution >= 4 is 5.97 Å². The van der Waals surface area contributed by atoms with E-state index in [1.807, 2.05) is 0 Å². The first-order valence-corrected chi connectivity index (χ1v) is 6.76. The average molecular weight is 248 g/mol. The van der Waals surface area contributed by atoms with Gasteiger partial charge in [-0.2, -0.15) is 0 Å². The van der Waals surface area contributed by atoms with E-state index in [1.54, 1.807) is 0 Å². The third-order valence-electron chi connectivity index (χ3n) is 4.49. The molecule has 0 spiro atoms. The van der Waals surface area contributed by atoms with Crippen LogP contribution in [0.15, 0.2) is 24.3 Å². The van der Waals surface area contributed by atoms with Crippen molar-refractivity contribution in [3.63, 3.8) is 0 Å². The normalized spacial score (nSPS) is 49.0. The summed E-state index contributed by atoms with van der Waals surface area (Å²) in [7, 11) is 0. The molecule has 98 valence electrons. The van der Waals surface area contributed by atoms with E-state index >= 15 is 0 Å². The lowest BCUT2D eigenvalue weighted by Crippen LogP contribution is -2.28. The van der Waals surface area contributed by atoms with Gasteiger partial charge in [-0.3, -0.25) is 0 Å². The van der Waals surface area contributed by atoms with Crippen molar-refractivity contribution in [3.05, 3.63) is 24.3 Å². The Morgan fingerprint density at radius 1 is 1.44 bits per heavy atom. The molecule has 2 saturated heterocycles. The van der Waals surface area contributed by atoms with E-state index in [2.05, 4.69) is 32.6 Å². The molecule has 18 heavy (non-hydrogen) atoms. The molecule has 0 N–H and O–H groups in total. The van der Waals surface area contributed by atoms with E-state index in [-0.39, 0.29) is 29.7 Å². The minimum absolute atomic E-state index is 0.00959. The number of fused-ring (bicyclic) bond motifs is 3. The highest BCUT2D eigenvalue weighted by molar-refractivity contribution is 5.91. The predicted octanol–water partition coefficient (Wildman–Crippen LogP) is 2.62. The number of carbonyl (C=O) groups is 1. The molecule has 2 heterocycles. The minimum atomic E-state index is -0.245. The zero-order chi connectivity index (χ0) is 12.9. The Morgan fingerprint density at radius 3 is 3.00 bits per heavy atom. The maximum Gasteiger partial charge on any atom is 0.334 e. The monoisotopic (exact) mass is 248 g/mol. The number of ether oxygens (including phenoxy) is 2. The number of rotatable bonds is 0. The summed E-state index contributed by atoms with van der Waals surface area (Å²) in [5.41, 5.74) is 0.389. The van der Waals surface area contributed by atoms with Gasteiger partial charge in [0, 0.05) is 11.5 Å². The number of epoxide rings is 1. The van der Waals surface area contributed by atoms with E-state index in [1.165, 1.54) is 0 Å². The quantitative estimate of drug-likeness (QED) is 0.286. The second kappa shape index (κ2) is 3.95. The molecule has 0 bridgehead atoms. The van der Waals surface area contributed by atoms with Crippen LogP contribution in [0.2, 0.25) is 0 Å². The van der Waals surface area contributed by atoms with Gasteiger partial charge in [-0.1, -0.05) is 25.7 Å². The summed E-state index contributed by atoms with van der Waals surface area (Å²) < 4.78 is 11.2. The Hall–Kier alpha value is -1.09. The molecule has 2 fully saturated rings. The summed E-state index contributed by atoms with van der Waals surface area (Å²) in [5, 5.41) is 0. The zero-order valence-corrected chi connectivity index (χ0v) is 11.0. The van der Waals surface area contributed by atoms with Gasteiger partial charge in [0.05, 0.1) is 0 Å². The highest BCUT2D eigenvalue weighted by Gasteiger charge is 2.60. The number of hydrogen-bond donors (Lipinski definition) is 0. The first-order chi connectivity index (χ1) is 8.51. The predicted molar refractivity (Wildman–Crippen MR) is 67.9 cm³/mol. The molecule has 5 unspecified atom stereocenters. The summed E-state index contributed by atoms with van der Waals surface area (Å²) in [6, 6.07) is 0. The van der Waals surface area contributed by atoms with Crippen LogP contribution in [-0.2, 0) is 14.3 Å². The zero-order valence-electron chi connectivity index (χ0n) is 11.0. The fourth-order valence-corrected chi connectivity index (χ4v) is 3.13. The second-order valence-electron chi connectivity index (χ2n) is 6.04. The van der Waals surface area contributed by atoms with Crippen molar-refractivity contribution in [1.29, 1.82) is 0 Å². The average Bonchev–Trinajstić information content (AvgIpc) is 2.90. The van der Waals surface area contributed by atoms with E-state index in [0.717, 1.165) is 19.3 Å². The van der Waals surface area contributed by atoms with Crippen molar-refractivity contribution in [2.45, 2.75) is 50.9 Å². The van der Waals surface area contributed by atoms with Gasteiger partial charge in [-0.25, -0.2) is 4.79 Å². The Labute approximate surface area is 108 Å². The Balaban J connectivity index is 1.88. The van der Waals surface area contributed by atoms with Crippen LogP contribution >= 0.6 is 0 Å². The summed E-state index contributed by atoms with van der Waals surface area (Å²) in [6.07, 6.45) is 7.36. The van der Waals surface area contributed by atoms with E-state index in [9.17, 15) is 4.79 Å². The third-order valence-corrected chi connectivity index (χ3v) is 4.49. The Kier molecular flexibility index (Phi) is 2.63. The topological polar surface area (TPSA) is 38.8 Å². The van der Waals surface area contributed by atoms with Crippen molar-refractivity contribution in [1.82, 2.24) is 0 Å². The summed E-state index contributed by atoms with van der Waals surface area (Å²) in [5.74, 6) is 0.529. The van der Waals surface area contributed by atoms with Crippen LogP contribution in [-0.4, -0.2) is 23.8 Å². The molecular formula is C15H20O3. The first-order valence-electron chi connectivity index (χ1n) is 6.76. The molecule has 3 rings (SSSR count). The number of esters is 1. The fraction of sp³-hybridized carbons (Fsp3) is 0.667. The Morgan fingerprint density at radius 2 is 2.22 bits per heavy atom. The number of carbonyl (C=O) groups excluding carboxylic acids is 1. The third kappa shape index (κ3) is 1.81. The van der Waals surface area contributed by atoms with Crippen molar-refractivity contribution < 1.29 is 14.3 Å². The van der Waals surface area contributed by atoms with Gasteiger partial charge in [-0.15, -0.1) is 0 Å². The minimum Gasteiger partial charge on any atom is -0.455 e. The second-order valence-corrected chi connectivity index (χ2v) is 6.04. The molecule has 0 aromatic rings. The molecule has 0 amide bonds. The molecule has 0 radical (unpaired) electrons. The van der Waals surface area contributed by atoms with Gasteiger partial charge in [0.2, 0.25) is 0 Å². The lowest BCUT2D eigenvalue weighted by molar-refractivity contribution is -0.140. The molecule has 3 nitrogen and oxygen atoms in total. The molecule has 0 aromatic heterocycles. The highest BCUT2D eigenvalue weighted by atomic mass is 16.6. The summed E-state index contributed by atoms with van der Waals surface area (Å²) in [4.78, 5) is 11.7. The van der Waals surface area contributed by atoms with E-state index < -0.39 is 0 Å². The standard InChI is InChI=1S/C15H20O3/c1-9-5-4-8-15(3)13(18-15)12-11(7-6-9)10(2)14(16)17-12/h4,8-9,11-13H,2,5-7H2,1,3H3/b8-4+. The smallest absolute Gasteiger partial charge is 0.334 e. The van der Waals surface area contributed by atoms with Crippen LogP contribution < -0.4 is 0 Å². The molecule has 0 aromatic carbocycles. The SMILES string of the molecule is C=C1C(=O)OC2C1CCC(C)C/C=C/C1(C)OC21. The largest absolute Gasteiger partial charge is 0.455 e. The number of allylic oxidation sites excluding steroid dienone is 1. The van der Waals surface area contributed by atoms with E-state index in [4.69, 9.17) is 9.47 Å². The summed E-state index contributed by atoms with van der Waals surface area (Å²) >= 11 is 0. The van der Waals surface area contributed by atoms with Gasteiger partial charge in [0.1, 0.15) is 17.8 Å². The van der Waals surface area contributed by atoms with Gasteiger partial charge >= 0.3 is 5.97 Å². The van der Waals surface area contributed by atoms with Gasteiger partial charge in [0.25, 0.3) is 0 Å². The molecule has 3 heteroatoms. The highest BCUT2D eigenvalue weighted by Crippen LogP contribution is 2.48. The van der Waals surface area contributed by atoms with Crippen LogP contribution in [0.1, 0.15) is 33.1 Å². The van der Waals surface area contributed by atoms with Crippen molar-refractivity contribution in [2.24, 2.45) is 11.8 Å². The number of hydrogen-bond acceptors (Lipinski definition) is 3. The van der Waals surface area contributed by atoms with Gasteiger partial charge < -0.3 is 9.47 Å². The molecule has 3 aliphatic rings. The van der Waals surface area contributed by atoms with E-state index in [0.29, 0.717) is 11.5 Å². The van der Waals surface area contributed by atoms with Crippen LogP contribution in [0.5, 0.6) is 0 Å². The van der Waals surface area contributed by atoms with Crippen molar-refractivity contribution in [2.75, 3.05) is 0 Å². The molecule has 5 atom stereocenters. The Bertz CT molecular complexity index is 425. The lowest BCUT2D eigenvalue weighted by Gasteiger charge is -2.19. The van der Waals surface area contributed by atoms with Gasteiger partial charge in [-0.05, 0) is 32.1 Å². The maximum atomic E-state index is 11.7. The van der Waals surface area contributed by atoms with Crippen LogP contribution in [0.4, 0.5) is 0 Å². The van der Waals surface area contributed by atoms with Gasteiger partial charge in [0.15, 0.2) is 0 Å². The van der Waals surface area contributed by atoms with Crippen LogP contribution in [0.25, 0.3) is 0 Å². The van der Waals surface area contributed by atoms with Crippen LogP contribution in [0.3, 0.4) is 0 Å². The lowest BCUT2D eigenvalue weighted by atomic mass is 9.83. The molecule has 0 saturated carbocycles.